The Balaban J connectivity index is 1.85. The van der Waals surface area contributed by atoms with E-state index in [4.69, 9.17) is 0 Å². The first-order valence-corrected chi connectivity index (χ1v) is 5.84. The molecule has 4 nitrogen and oxygen atoms in total. The number of nitrogens with one attached hydrogen (secondary N) is 3. The van der Waals surface area contributed by atoms with Gasteiger partial charge in [-0.3, -0.25) is 0 Å². The average Bonchev–Trinajstić information content (AvgIpc) is 2.87. The minimum atomic E-state index is 0.835. The molecular weight excluding hydrogens is 224 g/mol. The smallest absolute Gasteiger partial charge is 0.139 e. The monoisotopic (exact) mass is 238 g/mol. The number of H-pyrrole nitrogens is 1. The van der Waals surface area contributed by atoms with Gasteiger partial charge < -0.3 is 15.6 Å². The molecule has 0 aliphatic carbocycles. The number of hydrogen-bond donors (Lipinski definition) is 3. The molecule has 2 aromatic heterocycles. The van der Waals surface area contributed by atoms with Crippen molar-refractivity contribution in [3.63, 3.8) is 0 Å². The molecular formula is C14H14N4. The fourth-order valence-electron chi connectivity index (χ4n) is 1.87. The lowest BCUT2D eigenvalue weighted by atomic mass is 10.2. The number of benzene rings is 1. The van der Waals surface area contributed by atoms with Crippen molar-refractivity contribution in [2.75, 3.05) is 17.7 Å². The van der Waals surface area contributed by atoms with Gasteiger partial charge in [-0.15, -0.1) is 0 Å². The first-order valence-electron chi connectivity index (χ1n) is 5.84. The van der Waals surface area contributed by atoms with Crippen molar-refractivity contribution in [3.8, 4) is 0 Å². The number of hydrogen-bond acceptors (Lipinski definition) is 3. The summed E-state index contributed by atoms with van der Waals surface area (Å²) in [7, 11) is 1.91. The lowest BCUT2D eigenvalue weighted by Crippen LogP contribution is -1.94. The first-order chi connectivity index (χ1) is 8.85. The lowest BCUT2D eigenvalue weighted by Gasteiger charge is -2.06. The zero-order chi connectivity index (χ0) is 12.4. The van der Waals surface area contributed by atoms with Gasteiger partial charge in [-0.2, -0.15) is 0 Å². The van der Waals surface area contributed by atoms with Gasteiger partial charge in [0.2, 0.25) is 0 Å². The van der Waals surface area contributed by atoms with Crippen molar-refractivity contribution in [3.05, 3.63) is 48.7 Å². The van der Waals surface area contributed by atoms with Crippen LogP contribution >= 0.6 is 0 Å². The van der Waals surface area contributed by atoms with Crippen LogP contribution in [0.4, 0.5) is 17.2 Å². The van der Waals surface area contributed by atoms with Crippen molar-refractivity contribution < 1.29 is 0 Å². The molecule has 18 heavy (non-hydrogen) atoms. The van der Waals surface area contributed by atoms with Crippen molar-refractivity contribution in [2.45, 2.75) is 0 Å². The number of anilines is 3. The maximum atomic E-state index is 4.49. The van der Waals surface area contributed by atoms with E-state index in [1.807, 2.05) is 55.7 Å². The van der Waals surface area contributed by atoms with E-state index in [1.54, 1.807) is 0 Å². The van der Waals surface area contributed by atoms with Crippen LogP contribution in [0.15, 0.2) is 48.7 Å². The number of rotatable bonds is 3. The summed E-state index contributed by atoms with van der Waals surface area (Å²) in [4.78, 5) is 7.59. The Hall–Kier alpha value is -2.49. The molecule has 90 valence electrons. The normalized spacial score (nSPS) is 10.5. The fraction of sp³-hybridized carbons (Fsp3) is 0.0714. The molecule has 3 aromatic rings. The minimum absolute atomic E-state index is 0.835. The maximum absolute atomic E-state index is 4.49. The summed E-state index contributed by atoms with van der Waals surface area (Å²) in [5, 5.41) is 7.49. The molecule has 2 heterocycles. The van der Waals surface area contributed by atoms with Gasteiger partial charge in [-0.05, 0) is 42.5 Å². The summed E-state index contributed by atoms with van der Waals surface area (Å²) >= 11 is 0. The fourth-order valence-corrected chi connectivity index (χ4v) is 1.87. The predicted octanol–water partition coefficient (Wildman–Crippen LogP) is 3.35. The van der Waals surface area contributed by atoms with Crippen LogP contribution in [0.5, 0.6) is 0 Å². The summed E-state index contributed by atoms with van der Waals surface area (Å²) in [6.45, 7) is 0. The number of fused-ring (bicyclic) bond motifs is 1. The van der Waals surface area contributed by atoms with E-state index in [2.05, 4.69) is 20.6 Å². The van der Waals surface area contributed by atoms with Crippen LogP contribution < -0.4 is 10.6 Å². The second-order valence-electron chi connectivity index (χ2n) is 4.06. The molecule has 0 atom stereocenters. The van der Waals surface area contributed by atoms with Crippen molar-refractivity contribution in [2.24, 2.45) is 0 Å². The molecule has 3 rings (SSSR count). The summed E-state index contributed by atoms with van der Waals surface area (Å²) in [5.41, 5.74) is 3.01. The van der Waals surface area contributed by atoms with E-state index >= 15 is 0 Å². The molecule has 0 aliphatic heterocycles. The molecule has 0 saturated carbocycles. The highest BCUT2D eigenvalue weighted by Crippen LogP contribution is 2.19. The van der Waals surface area contributed by atoms with Gasteiger partial charge in [-0.1, -0.05) is 0 Å². The summed E-state index contributed by atoms with van der Waals surface area (Å²) in [5.74, 6) is 0.835. The average molecular weight is 238 g/mol. The van der Waals surface area contributed by atoms with Gasteiger partial charge in [0.05, 0.1) is 0 Å². The molecule has 0 saturated heterocycles. The van der Waals surface area contributed by atoms with Gasteiger partial charge in [0.15, 0.2) is 0 Å². The van der Waals surface area contributed by atoms with Crippen molar-refractivity contribution in [1.29, 1.82) is 0 Å². The Bertz CT molecular complexity index is 655. The third-order valence-electron chi connectivity index (χ3n) is 2.86. The molecule has 0 bridgehead atoms. The number of nitrogens with zero attached hydrogens (tertiary/aromatic N) is 1. The summed E-state index contributed by atoms with van der Waals surface area (Å²) in [6, 6.07) is 14.1. The molecule has 0 fully saturated rings. The Morgan fingerprint density at radius 3 is 2.50 bits per heavy atom. The van der Waals surface area contributed by atoms with Crippen LogP contribution in [0, 0.1) is 0 Å². The highest BCUT2D eigenvalue weighted by atomic mass is 15.0. The highest BCUT2D eigenvalue weighted by Gasteiger charge is 1.99. The van der Waals surface area contributed by atoms with Gasteiger partial charge in [0.25, 0.3) is 0 Å². The molecule has 1 aromatic carbocycles. The van der Waals surface area contributed by atoms with Crippen LogP contribution in [0.25, 0.3) is 11.0 Å². The summed E-state index contributed by atoms with van der Waals surface area (Å²) in [6.07, 6.45) is 1.89. The number of pyridine rings is 1. The zero-order valence-electron chi connectivity index (χ0n) is 10.1. The Morgan fingerprint density at radius 2 is 1.72 bits per heavy atom. The van der Waals surface area contributed by atoms with Crippen LogP contribution in [0.1, 0.15) is 0 Å². The second-order valence-corrected chi connectivity index (χ2v) is 4.06. The Morgan fingerprint density at radius 1 is 0.944 bits per heavy atom. The van der Waals surface area contributed by atoms with E-state index < -0.39 is 0 Å². The van der Waals surface area contributed by atoms with Crippen LogP contribution in [-0.4, -0.2) is 17.0 Å². The maximum Gasteiger partial charge on any atom is 0.139 e. The van der Waals surface area contributed by atoms with Gasteiger partial charge >= 0.3 is 0 Å². The largest absolute Gasteiger partial charge is 0.388 e. The summed E-state index contributed by atoms with van der Waals surface area (Å²) < 4.78 is 0. The molecule has 4 heteroatoms. The van der Waals surface area contributed by atoms with Crippen LogP contribution in [0.2, 0.25) is 0 Å². The zero-order valence-corrected chi connectivity index (χ0v) is 10.1. The Labute approximate surface area is 105 Å². The quantitative estimate of drug-likeness (QED) is 0.656. The third kappa shape index (κ3) is 2.00. The van der Waals surface area contributed by atoms with Crippen LogP contribution in [0.3, 0.4) is 0 Å². The van der Waals surface area contributed by atoms with Gasteiger partial charge in [-0.25, -0.2) is 4.98 Å². The van der Waals surface area contributed by atoms with Crippen LogP contribution in [-0.2, 0) is 0 Å². The lowest BCUT2D eigenvalue weighted by molar-refractivity contribution is 1.31. The molecule has 0 amide bonds. The number of aromatic amines is 1. The molecule has 0 spiro atoms. The number of aromatic nitrogens is 2. The molecule has 0 aliphatic rings. The topological polar surface area (TPSA) is 52.7 Å². The standard InChI is InChI=1S/C14H14N4/c1-15-11-3-5-12(6-4-11)17-13-7-2-10-8-9-16-14(10)18-13/h2-9,15H,1H3,(H2,16,17,18). The van der Waals surface area contributed by atoms with E-state index in [1.165, 1.54) is 0 Å². The van der Waals surface area contributed by atoms with E-state index in [-0.39, 0.29) is 0 Å². The predicted molar refractivity (Wildman–Crippen MR) is 75.4 cm³/mol. The van der Waals surface area contributed by atoms with E-state index in [0.29, 0.717) is 0 Å². The molecule has 0 unspecified atom stereocenters. The van der Waals surface area contributed by atoms with Gasteiger partial charge in [0.1, 0.15) is 11.5 Å². The van der Waals surface area contributed by atoms with E-state index in [9.17, 15) is 0 Å². The Kier molecular flexibility index (Phi) is 2.61. The SMILES string of the molecule is CNc1ccc(Nc2ccc3cc[nH]c3n2)cc1. The van der Waals surface area contributed by atoms with E-state index in [0.717, 1.165) is 28.2 Å². The molecule has 0 radical (unpaired) electrons. The first kappa shape index (κ1) is 10.7. The molecule has 3 N–H and O–H groups in total. The van der Waals surface area contributed by atoms with Gasteiger partial charge in [0, 0.05) is 30.0 Å². The third-order valence-corrected chi connectivity index (χ3v) is 2.86. The highest BCUT2D eigenvalue weighted by molar-refractivity contribution is 5.78. The van der Waals surface area contributed by atoms with Crippen molar-refractivity contribution in [1.82, 2.24) is 9.97 Å². The second kappa shape index (κ2) is 4.41. The van der Waals surface area contributed by atoms with Crippen molar-refractivity contribution >= 4 is 28.2 Å². The minimum Gasteiger partial charge on any atom is -0.388 e.